The van der Waals surface area contributed by atoms with Gasteiger partial charge < -0.3 is 19.6 Å². The van der Waals surface area contributed by atoms with Crippen LogP contribution < -0.4 is 9.64 Å². The van der Waals surface area contributed by atoms with E-state index in [0.29, 0.717) is 42.0 Å². The fraction of sp³-hybridized carbons (Fsp3) is 0.179. The van der Waals surface area contributed by atoms with E-state index in [1.54, 1.807) is 23.1 Å². The number of piperazine rings is 1. The second-order valence-corrected chi connectivity index (χ2v) is 10.4. The number of hydrogen-bond acceptors (Lipinski definition) is 5. The molecule has 0 saturated carbocycles. The summed E-state index contributed by atoms with van der Waals surface area (Å²) in [6.07, 6.45) is 1.60. The number of anilines is 1. The lowest BCUT2D eigenvalue weighted by atomic mass is 10.1. The fourth-order valence-corrected chi connectivity index (χ4v) is 5.75. The number of rotatable bonds is 7. The number of nitrogens with zero attached hydrogens (tertiary/aromatic N) is 3. The van der Waals surface area contributed by atoms with Crippen LogP contribution in [0.1, 0.15) is 21.5 Å². The molecule has 7 nitrogen and oxygen atoms in total. The first-order valence-electron chi connectivity index (χ1n) is 11.5. The Balaban J connectivity index is 1.42. The van der Waals surface area contributed by atoms with Crippen LogP contribution in [0.15, 0.2) is 76.8 Å². The largest absolute Gasteiger partial charge is 0.487 e. The van der Waals surface area contributed by atoms with Crippen molar-refractivity contribution in [3.05, 3.63) is 97.0 Å². The smallest absolute Gasteiger partial charge is 0.335 e. The van der Waals surface area contributed by atoms with E-state index in [-0.39, 0.29) is 23.7 Å². The highest BCUT2D eigenvalue weighted by molar-refractivity contribution is 14.1. The number of amides is 1. The van der Waals surface area contributed by atoms with Crippen molar-refractivity contribution in [1.29, 1.82) is 5.26 Å². The maximum absolute atomic E-state index is 13.1. The van der Waals surface area contributed by atoms with Crippen molar-refractivity contribution in [3.63, 3.8) is 0 Å². The number of carbonyl (C=O) groups excluding carboxylic acids is 1. The van der Waals surface area contributed by atoms with Gasteiger partial charge in [0.2, 0.25) is 0 Å². The Morgan fingerprint density at radius 2 is 1.73 bits per heavy atom. The minimum Gasteiger partial charge on any atom is -0.487 e. The molecule has 1 saturated heterocycles. The molecule has 0 aliphatic carbocycles. The van der Waals surface area contributed by atoms with Gasteiger partial charge in [0.05, 0.1) is 13.6 Å². The van der Waals surface area contributed by atoms with Crippen molar-refractivity contribution in [2.24, 2.45) is 0 Å². The standard InChI is InChI=1S/C28H23BrIN3O4/c29-24-15-20(16-25(30)26(24)37-18-19-6-8-21(9-7-19)28(35)36)14-22(17-31)27(34)33-12-10-32(11-13-33)23-4-2-1-3-5-23/h1-9,14-16H,10-13,18H2,(H,35,36)/b22-14-. The van der Waals surface area contributed by atoms with E-state index in [4.69, 9.17) is 9.84 Å². The average molecular weight is 672 g/mol. The SMILES string of the molecule is N#C/C(=C/c1cc(Br)c(OCc2ccc(C(=O)O)cc2)c(I)c1)C(=O)N1CCN(c2ccccc2)CC1. The van der Waals surface area contributed by atoms with E-state index in [1.807, 2.05) is 30.3 Å². The molecule has 0 aromatic heterocycles. The third kappa shape index (κ3) is 6.70. The zero-order chi connectivity index (χ0) is 26.4. The number of benzene rings is 3. The van der Waals surface area contributed by atoms with Crippen molar-refractivity contribution in [2.45, 2.75) is 6.61 Å². The normalized spacial score (nSPS) is 13.7. The molecule has 0 spiro atoms. The zero-order valence-electron chi connectivity index (χ0n) is 19.7. The molecule has 3 aromatic carbocycles. The topological polar surface area (TPSA) is 93.9 Å². The molecule has 0 atom stereocenters. The number of carboxylic acids is 1. The Morgan fingerprint density at radius 1 is 1.05 bits per heavy atom. The first-order valence-corrected chi connectivity index (χ1v) is 13.4. The molecule has 37 heavy (non-hydrogen) atoms. The van der Waals surface area contributed by atoms with E-state index in [1.165, 1.54) is 12.1 Å². The highest BCUT2D eigenvalue weighted by Crippen LogP contribution is 2.33. The molecule has 0 unspecified atom stereocenters. The third-order valence-corrected chi connectivity index (χ3v) is 7.35. The molecule has 1 amide bonds. The molecule has 1 aliphatic rings. The van der Waals surface area contributed by atoms with Gasteiger partial charge in [0.25, 0.3) is 5.91 Å². The van der Waals surface area contributed by atoms with Gasteiger partial charge in [-0.15, -0.1) is 0 Å². The summed E-state index contributed by atoms with van der Waals surface area (Å²) in [6, 6.07) is 22.3. The van der Waals surface area contributed by atoms with E-state index in [0.717, 1.165) is 14.8 Å². The van der Waals surface area contributed by atoms with Gasteiger partial charge in [0, 0.05) is 31.9 Å². The molecule has 9 heteroatoms. The summed E-state index contributed by atoms with van der Waals surface area (Å²) >= 11 is 5.69. The van der Waals surface area contributed by atoms with E-state index < -0.39 is 5.97 Å². The first-order chi connectivity index (χ1) is 17.9. The first kappa shape index (κ1) is 26.7. The lowest BCUT2D eigenvalue weighted by molar-refractivity contribution is -0.126. The Morgan fingerprint density at radius 3 is 2.32 bits per heavy atom. The summed E-state index contributed by atoms with van der Waals surface area (Å²) in [7, 11) is 0. The Hall–Kier alpha value is -3.36. The molecule has 188 valence electrons. The van der Waals surface area contributed by atoms with Gasteiger partial charge in [-0.1, -0.05) is 30.3 Å². The molecule has 1 aliphatic heterocycles. The molecule has 0 bridgehead atoms. The van der Waals surface area contributed by atoms with Crippen LogP contribution in [-0.4, -0.2) is 48.1 Å². The second kappa shape index (κ2) is 12.3. The molecule has 1 N–H and O–H groups in total. The van der Waals surface area contributed by atoms with E-state index >= 15 is 0 Å². The van der Waals surface area contributed by atoms with Crippen molar-refractivity contribution < 1.29 is 19.4 Å². The quantitative estimate of drug-likeness (QED) is 0.200. The molecular weight excluding hydrogens is 649 g/mol. The average Bonchev–Trinajstić information content (AvgIpc) is 2.91. The summed E-state index contributed by atoms with van der Waals surface area (Å²) in [6.45, 7) is 2.79. The summed E-state index contributed by atoms with van der Waals surface area (Å²) in [5, 5.41) is 18.8. The fourth-order valence-electron chi connectivity index (χ4n) is 3.99. The van der Waals surface area contributed by atoms with Crippen molar-refractivity contribution in [1.82, 2.24) is 4.90 Å². The summed E-state index contributed by atoms with van der Waals surface area (Å²) in [4.78, 5) is 28.1. The molecule has 0 radical (unpaired) electrons. The van der Waals surface area contributed by atoms with Crippen LogP contribution >= 0.6 is 38.5 Å². The van der Waals surface area contributed by atoms with Crippen LogP contribution in [-0.2, 0) is 11.4 Å². The summed E-state index contributed by atoms with van der Waals surface area (Å²) in [5.74, 6) is -0.619. The zero-order valence-corrected chi connectivity index (χ0v) is 23.5. The van der Waals surface area contributed by atoms with Crippen molar-refractivity contribution in [2.75, 3.05) is 31.1 Å². The number of carbonyl (C=O) groups is 2. The van der Waals surface area contributed by atoms with Crippen LogP contribution in [0.3, 0.4) is 0 Å². The number of aromatic carboxylic acids is 1. The van der Waals surface area contributed by atoms with Crippen LogP contribution in [0.5, 0.6) is 5.75 Å². The lowest BCUT2D eigenvalue weighted by Gasteiger charge is -2.36. The lowest BCUT2D eigenvalue weighted by Crippen LogP contribution is -2.49. The molecular formula is C28H23BrIN3O4. The molecule has 4 rings (SSSR count). The van der Waals surface area contributed by atoms with Crippen molar-refractivity contribution in [3.8, 4) is 11.8 Å². The van der Waals surface area contributed by atoms with Crippen LogP contribution in [0, 0.1) is 14.9 Å². The van der Waals surface area contributed by atoms with Gasteiger partial charge >= 0.3 is 5.97 Å². The Bertz CT molecular complexity index is 1340. The Labute approximate surface area is 237 Å². The number of halogens is 2. The van der Waals surface area contributed by atoms with E-state index in [9.17, 15) is 14.9 Å². The predicted octanol–water partition coefficient (Wildman–Crippen LogP) is 5.59. The minimum atomic E-state index is -0.974. The van der Waals surface area contributed by atoms with Gasteiger partial charge in [-0.05, 0) is 92.1 Å². The monoisotopic (exact) mass is 671 g/mol. The van der Waals surface area contributed by atoms with Crippen LogP contribution in [0.25, 0.3) is 6.08 Å². The summed E-state index contributed by atoms with van der Waals surface area (Å²) in [5.41, 5.74) is 2.98. The summed E-state index contributed by atoms with van der Waals surface area (Å²) < 4.78 is 7.46. The van der Waals surface area contributed by atoms with Gasteiger partial charge in [-0.25, -0.2) is 4.79 Å². The highest BCUT2D eigenvalue weighted by atomic mass is 127. The third-order valence-electron chi connectivity index (χ3n) is 5.95. The van der Waals surface area contributed by atoms with Gasteiger partial charge in [0.1, 0.15) is 24.0 Å². The molecule has 1 fully saturated rings. The van der Waals surface area contributed by atoms with E-state index in [2.05, 4.69) is 61.6 Å². The number of ether oxygens (including phenoxy) is 1. The number of nitriles is 1. The van der Waals surface area contributed by atoms with Crippen molar-refractivity contribution >= 4 is 62.2 Å². The minimum absolute atomic E-state index is 0.0862. The van der Waals surface area contributed by atoms with Crippen LogP contribution in [0.4, 0.5) is 5.69 Å². The van der Waals surface area contributed by atoms with Crippen LogP contribution in [0.2, 0.25) is 0 Å². The second-order valence-electron chi connectivity index (χ2n) is 8.39. The highest BCUT2D eigenvalue weighted by Gasteiger charge is 2.24. The maximum Gasteiger partial charge on any atom is 0.335 e. The van der Waals surface area contributed by atoms with Gasteiger partial charge in [-0.3, -0.25) is 4.79 Å². The van der Waals surface area contributed by atoms with Gasteiger partial charge in [-0.2, -0.15) is 5.26 Å². The predicted molar refractivity (Wildman–Crippen MR) is 153 cm³/mol. The maximum atomic E-state index is 13.1. The number of carboxylic acid groups (broad SMARTS) is 1. The van der Waals surface area contributed by atoms with Gasteiger partial charge in [0.15, 0.2) is 0 Å². The Kier molecular flexibility index (Phi) is 8.84. The molecule has 3 aromatic rings. The molecule has 1 heterocycles. The number of hydrogen-bond donors (Lipinski definition) is 1. The number of para-hydroxylation sites is 1.